The highest BCUT2D eigenvalue weighted by Crippen LogP contribution is 2.20. The average molecular weight is 176 g/mol. The lowest BCUT2D eigenvalue weighted by atomic mass is 10.9. The second-order valence-electron chi connectivity index (χ2n) is 2.87. The molecule has 0 saturated carbocycles. The summed E-state index contributed by atoms with van der Waals surface area (Å²) in [6.07, 6.45) is 0. The van der Waals surface area contributed by atoms with Crippen LogP contribution in [-0.4, -0.2) is 32.3 Å². The minimum absolute atomic E-state index is 0.703. The van der Waals surface area contributed by atoms with E-state index in [1.807, 2.05) is 14.2 Å². The SMILES string of the molecule is CO[SiH]1CC[SiH](OC)CC1. The maximum Gasteiger partial charge on any atom is 0.176 e. The van der Waals surface area contributed by atoms with Crippen LogP contribution < -0.4 is 0 Å². The molecule has 0 spiro atoms. The molecule has 0 bridgehead atoms. The number of rotatable bonds is 2. The van der Waals surface area contributed by atoms with E-state index in [1.54, 1.807) is 0 Å². The molecule has 0 radical (unpaired) electrons. The Labute approximate surface area is 66.0 Å². The third kappa shape index (κ3) is 2.19. The van der Waals surface area contributed by atoms with Crippen molar-refractivity contribution in [3.05, 3.63) is 0 Å². The van der Waals surface area contributed by atoms with Crippen molar-refractivity contribution in [2.45, 2.75) is 24.2 Å². The minimum Gasteiger partial charge on any atom is -0.423 e. The zero-order chi connectivity index (χ0) is 7.40. The molecule has 0 aromatic heterocycles. The number of hydrogen-bond donors (Lipinski definition) is 0. The first-order chi connectivity index (χ1) is 4.86. The van der Waals surface area contributed by atoms with Gasteiger partial charge in [-0.25, -0.2) is 0 Å². The molecule has 0 N–H and O–H groups in total. The summed E-state index contributed by atoms with van der Waals surface area (Å²) in [5.74, 6) is 0. The Balaban J connectivity index is 2.17. The second-order valence-corrected chi connectivity index (χ2v) is 8.61. The number of hydrogen-bond acceptors (Lipinski definition) is 2. The van der Waals surface area contributed by atoms with Crippen molar-refractivity contribution in [2.75, 3.05) is 14.2 Å². The van der Waals surface area contributed by atoms with Crippen LogP contribution in [0.2, 0.25) is 24.2 Å². The van der Waals surface area contributed by atoms with E-state index in [9.17, 15) is 0 Å². The lowest BCUT2D eigenvalue weighted by Gasteiger charge is -2.23. The highest BCUT2D eigenvalue weighted by molar-refractivity contribution is 6.63. The van der Waals surface area contributed by atoms with Crippen molar-refractivity contribution >= 4 is 18.1 Å². The summed E-state index contributed by atoms with van der Waals surface area (Å²) in [5, 5.41) is 0. The first kappa shape index (κ1) is 8.45. The zero-order valence-electron chi connectivity index (χ0n) is 6.80. The third-order valence-electron chi connectivity index (χ3n) is 2.29. The summed E-state index contributed by atoms with van der Waals surface area (Å²) in [5.41, 5.74) is 0. The first-order valence-corrected chi connectivity index (χ1v) is 8.13. The highest BCUT2D eigenvalue weighted by atomic mass is 28.3. The van der Waals surface area contributed by atoms with Gasteiger partial charge in [-0.05, 0) is 24.2 Å². The lowest BCUT2D eigenvalue weighted by Crippen LogP contribution is -2.29. The van der Waals surface area contributed by atoms with E-state index in [0.717, 1.165) is 0 Å². The van der Waals surface area contributed by atoms with Gasteiger partial charge in [0.05, 0.1) is 0 Å². The molecule has 0 amide bonds. The van der Waals surface area contributed by atoms with Crippen molar-refractivity contribution in [1.82, 2.24) is 0 Å². The van der Waals surface area contributed by atoms with Gasteiger partial charge in [0.15, 0.2) is 18.1 Å². The minimum atomic E-state index is -0.703. The molecule has 0 aromatic rings. The van der Waals surface area contributed by atoms with Crippen LogP contribution in [0.15, 0.2) is 0 Å². The molecule has 1 aliphatic heterocycles. The highest BCUT2D eigenvalue weighted by Gasteiger charge is 2.23. The molecule has 1 heterocycles. The fraction of sp³-hybridized carbons (Fsp3) is 1.00. The van der Waals surface area contributed by atoms with Gasteiger partial charge in [-0.15, -0.1) is 0 Å². The maximum absolute atomic E-state index is 5.39. The van der Waals surface area contributed by atoms with Crippen molar-refractivity contribution < 1.29 is 8.85 Å². The van der Waals surface area contributed by atoms with Crippen LogP contribution >= 0.6 is 0 Å². The van der Waals surface area contributed by atoms with Gasteiger partial charge in [-0.1, -0.05) is 0 Å². The third-order valence-corrected chi connectivity index (χ3v) is 8.86. The summed E-state index contributed by atoms with van der Waals surface area (Å²) < 4.78 is 10.8. The van der Waals surface area contributed by atoms with Gasteiger partial charge < -0.3 is 8.85 Å². The summed E-state index contributed by atoms with van der Waals surface area (Å²) in [4.78, 5) is 0. The van der Waals surface area contributed by atoms with Gasteiger partial charge in [0.25, 0.3) is 0 Å². The molecule has 60 valence electrons. The van der Waals surface area contributed by atoms with Gasteiger partial charge in [-0.3, -0.25) is 0 Å². The van der Waals surface area contributed by atoms with Crippen molar-refractivity contribution in [3.63, 3.8) is 0 Å². The van der Waals surface area contributed by atoms with Crippen LogP contribution in [0.4, 0.5) is 0 Å². The Morgan fingerprint density at radius 2 is 1.10 bits per heavy atom. The van der Waals surface area contributed by atoms with Crippen molar-refractivity contribution in [3.8, 4) is 0 Å². The molecule has 1 fully saturated rings. The van der Waals surface area contributed by atoms with Crippen LogP contribution in [0, 0.1) is 0 Å². The summed E-state index contributed by atoms with van der Waals surface area (Å²) >= 11 is 0. The molecule has 0 unspecified atom stereocenters. The fourth-order valence-corrected chi connectivity index (χ4v) is 8.97. The van der Waals surface area contributed by atoms with Gasteiger partial charge in [0.2, 0.25) is 0 Å². The molecule has 1 saturated heterocycles. The molecule has 1 rings (SSSR count). The van der Waals surface area contributed by atoms with E-state index < -0.39 is 18.1 Å². The van der Waals surface area contributed by atoms with Crippen LogP contribution in [0.25, 0.3) is 0 Å². The zero-order valence-corrected chi connectivity index (χ0v) is 9.11. The van der Waals surface area contributed by atoms with Crippen LogP contribution in [0.3, 0.4) is 0 Å². The normalized spacial score (nSPS) is 34.2. The van der Waals surface area contributed by atoms with E-state index in [-0.39, 0.29) is 0 Å². The lowest BCUT2D eigenvalue weighted by molar-refractivity contribution is 0.398. The van der Waals surface area contributed by atoms with Crippen LogP contribution in [-0.2, 0) is 8.85 Å². The standard InChI is InChI=1S/C6H16O2Si2/c1-7-9-3-5-10(8-2)6-4-9/h9-10H,3-6H2,1-2H3. The van der Waals surface area contributed by atoms with E-state index >= 15 is 0 Å². The fourth-order valence-electron chi connectivity index (χ4n) is 1.50. The summed E-state index contributed by atoms with van der Waals surface area (Å²) in [6.45, 7) is 0. The van der Waals surface area contributed by atoms with Gasteiger partial charge in [-0.2, -0.15) is 0 Å². The van der Waals surface area contributed by atoms with Gasteiger partial charge in [0, 0.05) is 14.2 Å². The van der Waals surface area contributed by atoms with E-state index in [0.29, 0.717) is 0 Å². The van der Waals surface area contributed by atoms with Gasteiger partial charge >= 0.3 is 0 Å². The van der Waals surface area contributed by atoms with E-state index in [4.69, 9.17) is 8.85 Å². The average Bonchev–Trinajstić information content (AvgIpc) is 2.05. The Morgan fingerprint density at radius 3 is 1.30 bits per heavy atom. The molecule has 2 nitrogen and oxygen atoms in total. The molecule has 4 heteroatoms. The quantitative estimate of drug-likeness (QED) is 0.578. The first-order valence-electron chi connectivity index (χ1n) is 3.92. The Morgan fingerprint density at radius 1 is 0.800 bits per heavy atom. The second kappa shape index (κ2) is 4.28. The van der Waals surface area contributed by atoms with E-state index in [1.165, 1.54) is 24.2 Å². The predicted molar refractivity (Wildman–Crippen MR) is 47.5 cm³/mol. The topological polar surface area (TPSA) is 18.5 Å². The maximum atomic E-state index is 5.39. The summed E-state index contributed by atoms with van der Waals surface area (Å²) in [7, 11) is 2.33. The molecular formula is C6H16O2Si2. The smallest absolute Gasteiger partial charge is 0.176 e. The van der Waals surface area contributed by atoms with E-state index in [2.05, 4.69) is 0 Å². The Hall–Kier alpha value is 0.354. The molecule has 0 atom stereocenters. The van der Waals surface area contributed by atoms with Crippen molar-refractivity contribution in [2.24, 2.45) is 0 Å². The monoisotopic (exact) mass is 176 g/mol. The largest absolute Gasteiger partial charge is 0.423 e. The van der Waals surface area contributed by atoms with Gasteiger partial charge in [0.1, 0.15) is 0 Å². The van der Waals surface area contributed by atoms with Crippen molar-refractivity contribution in [1.29, 1.82) is 0 Å². The molecule has 1 aliphatic rings. The Kier molecular flexibility index (Phi) is 3.61. The predicted octanol–water partition coefficient (Wildman–Crippen LogP) is 0.740. The molecule has 0 aromatic carbocycles. The van der Waals surface area contributed by atoms with Crippen LogP contribution in [0.5, 0.6) is 0 Å². The molecular weight excluding hydrogens is 160 g/mol. The van der Waals surface area contributed by atoms with Crippen LogP contribution in [0.1, 0.15) is 0 Å². The molecule has 0 aliphatic carbocycles. The Bertz CT molecular complexity index is 79.7. The molecule has 10 heavy (non-hydrogen) atoms. The summed E-state index contributed by atoms with van der Waals surface area (Å²) in [6, 6.07) is 5.45.